The molecule has 0 radical (unpaired) electrons. The Morgan fingerprint density at radius 2 is 2.00 bits per heavy atom. The van der Waals surface area contributed by atoms with Crippen LogP contribution in [0.15, 0.2) is 0 Å². The van der Waals surface area contributed by atoms with E-state index in [1.165, 1.54) is 4.90 Å². The maximum atomic E-state index is 12.1. The molecular weight excluding hydrogens is 343 g/mol. The van der Waals surface area contributed by atoms with Crippen LogP contribution in [0.4, 0.5) is 13.2 Å². The molecular formula is C12H21ClF3N3O2S. The van der Waals surface area contributed by atoms with E-state index in [1.54, 1.807) is 0 Å². The van der Waals surface area contributed by atoms with Crippen molar-refractivity contribution in [3.8, 4) is 0 Å². The summed E-state index contributed by atoms with van der Waals surface area (Å²) in [6, 6.07) is -0.234. The molecule has 0 spiro atoms. The van der Waals surface area contributed by atoms with Crippen molar-refractivity contribution in [1.82, 2.24) is 10.2 Å². The van der Waals surface area contributed by atoms with Crippen molar-refractivity contribution in [2.45, 2.75) is 37.2 Å². The Bertz CT molecular complexity index is 372. The number of nitrogens with one attached hydrogen (secondary N) is 1. The second-order valence-electron chi connectivity index (χ2n) is 4.81. The third kappa shape index (κ3) is 8.09. The summed E-state index contributed by atoms with van der Waals surface area (Å²) in [5.41, 5.74) is 0.853. The second-order valence-corrected chi connectivity index (χ2v) is 5.85. The van der Waals surface area contributed by atoms with E-state index in [9.17, 15) is 22.8 Å². The molecule has 1 unspecified atom stereocenters. The first kappa shape index (κ1) is 21.3. The van der Waals surface area contributed by atoms with E-state index in [1.807, 2.05) is 0 Å². The van der Waals surface area contributed by atoms with Gasteiger partial charge in [-0.15, -0.1) is 12.4 Å². The molecule has 1 aliphatic rings. The van der Waals surface area contributed by atoms with E-state index >= 15 is 0 Å². The number of halogens is 4. The molecule has 0 aromatic carbocycles. The van der Waals surface area contributed by atoms with Crippen LogP contribution in [0, 0.1) is 0 Å². The third-order valence-corrected chi connectivity index (χ3v) is 3.93. The number of hydrogen-bond acceptors (Lipinski definition) is 4. The largest absolute Gasteiger partial charge is 0.442 e. The van der Waals surface area contributed by atoms with Gasteiger partial charge in [-0.3, -0.25) is 9.59 Å². The van der Waals surface area contributed by atoms with E-state index in [-0.39, 0.29) is 55.6 Å². The summed E-state index contributed by atoms with van der Waals surface area (Å²) in [6.07, 6.45) is 2.55. The van der Waals surface area contributed by atoms with Crippen molar-refractivity contribution in [2.24, 2.45) is 5.73 Å². The zero-order valence-electron chi connectivity index (χ0n) is 12.0. The van der Waals surface area contributed by atoms with Gasteiger partial charge in [-0.1, -0.05) is 0 Å². The predicted molar refractivity (Wildman–Crippen MR) is 81.8 cm³/mol. The van der Waals surface area contributed by atoms with Crippen molar-refractivity contribution in [3.63, 3.8) is 0 Å². The summed E-state index contributed by atoms with van der Waals surface area (Å²) in [5.74, 6) is -1.35. The average Bonchev–Trinajstić information content (AvgIpc) is 2.42. The molecule has 0 bridgehead atoms. The maximum Gasteiger partial charge on any atom is 0.442 e. The Hall–Kier alpha value is -0.670. The quantitative estimate of drug-likeness (QED) is 0.750. The number of nitrogens with two attached hydrogens (primary N) is 1. The number of piperidine rings is 1. The smallest absolute Gasteiger partial charge is 0.354 e. The molecule has 22 heavy (non-hydrogen) atoms. The zero-order chi connectivity index (χ0) is 15.9. The molecule has 1 atom stereocenters. The maximum absolute atomic E-state index is 12.1. The fourth-order valence-electron chi connectivity index (χ4n) is 2.22. The molecule has 2 amide bonds. The van der Waals surface area contributed by atoms with Gasteiger partial charge in [-0.05, 0) is 31.0 Å². The average molecular weight is 364 g/mol. The van der Waals surface area contributed by atoms with Crippen molar-refractivity contribution in [1.29, 1.82) is 0 Å². The van der Waals surface area contributed by atoms with Gasteiger partial charge in [-0.25, -0.2) is 0 Å². The van der Waals surface area contributed by atoms with Crippen molar-refractivity contribution in [3.05, 3.63) is 0 Å². The molecule has 1 heterocycles. The number of likely N-dealkylation sites (tertiary alicyclic amines) is 1. The van der Waals surface area contributed by atoms with Crippen LogP contribution in [0.5, 0.6) is 0 Å². The van der Waals surface area contributed by atoms with Crippen LogP contribution in [0.3, 0.4) is 0 Å². The number of rotatable bonds is 6. The van der Waals surface area contributed by atoms with E-state index in [2.05, 4.69) is 5.32 Å². The third-order valence-electron chi connectivity index (χ3n) is 3.21. The second kappa shape index (κ2) is 10.2. The van der Waals surface area contributed by atoms with Crippen LogP contribution < -0.4 is 11.1 Å². The van der Waals surface area contributed by atoms with Crippen LogP contribution >= 0.6 is 24.2 Å². The molecule has 0 saturated carbocycles. The Kier molecular flexibility index (Phi) is 9.86. The highest BCUT2D eigenvalue weighted by Gasteiger charge is 2.32. The Morgan fingerprint density at radius 1 is 1.32 bits per heavy atom. The lowest BCUT2D eigenvalue weighted by Gasteiger charge is -2.36. The minimum atomic E-state index is -4.41. The summed E-state index contributed by atoms with van der Waals surface area (Å²) in [4.78, 5) is 24.7. The molecule has 10 heteroatoms. The Labute approximate surface area is 137 Å². The summed E-state index contributed by atoms with van der Waals surface area (Å²) >= 11 is -0.325. The molecule has 0 aliphatic carbocycles. The number of alkyl halides is 3. The molecule has 1 aliphatic heterocycles. The van der Waals surface area contributed by atoms with Crippen LogP contribution in [0.1, 0.15) is 25.7 Å². The fourth-order valence-corrected chi connectivity index (χ4v) is 2.67. The minimum Gasteiger partial charge on any atom is -0.354 e. The highest BCUT2D eigenvalue weighted by molar-refractivity contribution is 8.00. The summed E-state index contributed by atoms with van der Waals surface area (Å²) in [6.45, 7) is 0.942. The fraction of sp³-hybridized carbons (Fsp3) is 0.833. The minimum absolute atomic E-state index is 0. The monoisotopic (exact) mass is 363 g/mol. The lowest BCUT2D eigenvalue weighted by atomic mass is 10.0. The molecule has 1 rings (SSSR count). The first-order valence-electron chi connectivity index (χ1n) is 6.80. The van der Waals surface area contributed by atoms with Gasteiger partial charge in [-0.2, -0.15) is 13.2 Å². The van der Waals surface area contributed by atoms with Gasteiger partial charge in [0.15, 0.2) is 0 Å². The van der Waals surface area contributed by atoms with E-state index in [4.69, 9.17) is 5.73 Å². The summed E-state index contributed by atoms with van der Waals surface area (Å²) in [7, 11) is 0. The molecule has 0 aromatic heterocycles. The number of amides is 2. The lowest BCUT2D eigenvalue weighted by Crippen LogP contribution is -2.50. The highest BCUT2D eigenvalue weighted by Crippen LogP contribution is 2.30. The van der Waals surface area contributed by atoms with E-state index < -0.39 is 17.2 Å². The molecule has 1 saturated heterocycles. The lowest BCUT2D eigenvalue weighted by molar-refractivity contribution is -0.133. The number of carbonyl (C=O) groups is 2. The predicted octanol–water partition coefficient (Wildman–Crippen LogP) is 1.51. The molecule has 130 valence electrons. The van der Waals surface area contributed by atoms with Crippen LogP contribution in [0.2, 0.25) is 0 Å². The van der Waals surface area contributed by atoms with Crippen LogP contribution in [0.25, 0.3) is 0 Å². The first-order chi connectivity index (χ1) is 9.83. The van der Waals surface area contributed by atoms with E-state index in [0.29, 0.717) is 13.0 Å². The molecule has 5 nitrogen and oxygen atoms in total. The SMILES string of the molecule is Cl.NCCC(=O)NCC1CCCCN1C(=O)CSC(F)(F)F. The van der Waals surface area contributed by atoms with Gasteiger partial charge >= 0.3 is 5.51 Å². The highest BCUT2D eigenvalue weighted by atomic mass is 35.5. The van der Waals surface area contributed by atoms with Gasteiger partial charge in [0.25, 0.3) is 0 Å². The number of carbonyl (C=O) groups excluding carboxylic acids is 2. The molecule has 3 N–H and O–H groups in total. The van der Waals surface area contributed by atoms with Gasteiger partial charge in [0.1, 0.15) is 0 Å². The van der Waals surface area contributed by atoms with Gasteiger partial charge < -0.3 is 16.0 Å². The van der Waals surface area contributed by atoms with Crippen LogP contribution in [-0.4, -0.2) is 53.7 Å². The van der Waals surface area contributed by atoms with Gasteiger partial charge in [0.2, 0.25) is 11.8 Å². The normalized spacial score (nSPS) is 18.5. The Balaban J connectivity index is 0.00000441. The topological polar surface area (TPSA) is 75.4 Å². The number of nitrogens with zero attached hydrogens (tertiary/aromatic N) is 1. The number of thioether (sulfide) groups is 1. The van der Waals surface area contributed by atoms with E-state index in [0.717, 1.165) is 12.8 Å². The Morgan fingerprint density at radius 3 is 2.59 bits per heavy atom. The standard InChI is InChI=1S/C12H20F3N3O2S.ClH/c13-12(14,15)21-8-11(20)18-6-2-1-3-9(18)7-17-10(19)4-5-16;/h9H,1-8,16H2,(H,17,19);1H. The molecule has 1 fully saturated rings. The van der Waals surface area contributed by atoms with Crippen molar-refractivity contribution in [2.75, 3.05) is 25.4 Å². The molecule has 0 aromatic rings. The van der Waals surface area contributed by atoms with Gasteiger partial charge in [0.05, 0.1) is 5.75 Å². The zero-order valence-corrected chi connectivity index (χ0v) is 13.7. The van der Waals surface area contributed by atoms with Crippen LogP contribution in [-0.2, 0) is 9.59 Å². The van der Waals surface area contributed by atoms with Gasteiger partial charge in [0, 0.05) is 32.1 Å². The number of hydrogen-bond donors (Lipinski definition) is 2. The first-order valence-corrected chi connectivity index (χ1v) is 7.79. The van der Waals surface area contributed by atoms with Crippen molar-refractivity contribution < 1.29 is 22.8 Å². The van der Waals surface area contributed by atoms with Crippen molar-refractivity contribution >= 4 is 36.0 Å². The summed E-state index contributed by atoms with van der Waals surface area (Å²) in [5, 5.41) is 2.67. The summed E-state index contributed by atoms with van der Waals surface area (Å²) < 4.78 is 36.4.